The molecule has 0 aliphatic carbocycles. The molecule has 2 aromatic rings. The molecule has 0 saturated carbocycles. The van der Waals surface area contributed by atoms with Crippen LogP contribution in [0.25, 0.3) is 5.69 Å². The van der Waals surface area contributed by atoms with Crippen LogP contribution in [0.4, 0.5) is 13.2 Å². The SMILES string of the molecule is NC(CC(=O)O)c1cccn1-c1ccc(OC(F)(F)F)cc1. The van der Waals surface area contributed by atoms with Crippen LogP contribution < -0.4 is 10.5 Å². The lowest BCUT2D eigenvalue weighted by molar-refractivity contribution is -0.274. The number of alkyl halides is 3. The van der Waals surface area contributed by atoms with Crippen LogP contribution in [0.3, 0.4) is 0 Å². The lowest BCUT2D eigenvalue weighted by Gasteiger charge is -2.15. The van der Waals surface area contributed by atoms with Crippen LogP contribution >= 0.6 is 0 Å². The zero-order valence-electron chi connectivity index (χ0n) is 11.2. The van der Waals surface area contributed by atoms with Crippen molar-refractivity contribution in [2.45, 2.75) is 18.8 Å². The van der Waals surface area contributed by atoms with Gasteiger partial charge in [-0.25, -0.2) is 0 Å². The second kappa shape index (κ2) is 6.10. The first-order chi connectivity index (χ1) is 10.3. The van der Waals surface area contributed by atoms with Crippen molar-refractivity contribution in [2.75, 3.05) is 0 Å². The van der Waals surface area contributed by atoms with E-state index in [1.165, 1.54) is 24.3 Å². The number of nitrogens with zero attached hydrogens (tertiary/aromatic N) is 1. The largest absolute Gasteiger partial charge is 0.573 e. The van der Waals surface area contributed by atoms with Crippen LogP contribution in [-0.2, 0) is 4.79 Å². The fourth-order valence-corrected chi connectivity index (χ4v) is 2.03. The first-order valence-electron chi connectivity index (χ1n) is 6.27. The minimum atomic E-state index is -4.75. The molecular formula is C14H13F3N2O3. The highest BCUT2D eigenvalue weighted by molar-refractivity contribution is 5.67. The monoisotopic (exact) mass is 314 g/mol. The maximum Gasteiger partial charge on any atom is 0.573 e. The van der Waals surface area contributed by atoms with Crippen LogP contribution in [0, 0.1) is 0 Å². The summed E-state index contributed by atoms with van der Waals surface area (Å²) < 4.78 is 41.7. The van der Waals surface area contributed by atoms with Gasteiger partial charge in [-0.15, -0.1) is 13.2 Å². The Labute approximate surface area is 123 Å². The van der Waals surface area contributed by atoms with E-state index in [4.69, 9.17) is 10.8 Å². The predicted octanol–water partition coefficient (Wildman–Crippen LogP) is 2.85. The maximum atomic E-state index is 12.1. The maximum absolute atomic E-state index is 12.1. The normalized spacial score (nSPS) is 12.9. The van der Waals surface area contributed by atoms with E-state index in [-0.39, 0.29) is 12.2 Å². The number of aliphatic carboxylic acids is 1. The Morgan fingerprint density at radius 3 is 2.45 bits per heavy atom. The smallest absolute Gasteiger partial charge is 0.481 e. The summed E-state index contributed by atoms with van der Waals surface area (Å²) in [7, 11) is 0. The van der Waals surface area contributed by atoms with Gasteiger partial charge in [0.2, 0.25) is 0 Å². The van der Waals surface area contributed by atoms with Gasteiger partial charge in [0.05, 0.1) is 12.5 Å². The molecule has 0 fully saturated rings. The number of nitrogens with two attached hydrogens (primary N) is 1. The minimum Gasteiger partial charge on any atom is -0.481 e. The van der Waals surface area contributed by atoms with Crippen LogP contribution in [0.15, 0.2) is 42.6 Å². The molecule has 1 aromatic carbocycles. The van der Waals surface area contributed by atoms with Gasteiger partial charge in [0, 0.05) is 17.6 Å². The fraction of sp³-hybridized carbons (Fsp3) is 0.214. The van der Waals surface area contributed by atoms with Crippen molar-refractivity contribution in [3.05, 3.63) is 48.3 Å². The molecule has 0 aliphatic rings. The number of hydrogen-bond donors (Lipinski definition) is 2. The molecule has 118 valence electrons. The van der Waals surface area contributed by atoms with Crippen molar-refractivity contribution < 1.29 is 27.8 Å². The number of carboxylic acid groups (broad SMARTS) is 1. The Morgan fingerprint density at radius 2 is 1.91 bits per heavy atom. The van der Waals surface area contributed by atoms with E-state index in [0.29, 0.717) is 11.4 Å². The molecule has 0 amide bonds. The second-order valence-electron chi connectivity index (χ2n) is 4.55. The zero-order chi connectivity index (χ0) is 16.3. The van der Waals surface area contributed by atoms with Crippen molar-refractivity contribution in [3.63, 3.8) is 0 Å². The fourth-order valence-electron chi connectivity index (χ4n) is 2.03. The Morgan fingerprint density at radius 1 is 1.27 bits per heavy atom. The number of carboxylic acids is 1. The average molecular weight is 314 g/mol. The molecule has 1 aromatic heterocycles. The molecule has 8 heteroatoms. The highest BCUT2D eigenvalue weighted by atomic mass is 19.4. The van der Waals surface area contributed by atoms with E-state index in [1.807, 2.05) is 0 Å². The van der Waals surface area contributed by atoms with Gasteiger partial charge >= 0.3 is 12.3 Å². The molecule has 0 saturated heterocycles. The van der Waals surface area contributed by atoms with Gasteiger partial charge < -0.3 is 20.1 Å². The molecular weight excluding hydrogens is 301 g/mol. The standard InChI is InChI=1S/C14H13F3N2O3/c15-14(16,17)22-10-5-3-9(4-6-10)19-7-1-2-12(19)11(18)8-13(20)21/h1-7,11H,8,18H2,(H,20,21). The van der Waals surface area contributed by atoms with Gasteiger partial charge in [-0.05, 0) is 36.4 Å². The third-order valence-corrected chi connectivity index (χ3v) is 2.90. The van der Waals surface area contributed by atoms with Gasteiger partial charge in [0.1, 0.15) is 5.75 Å². The molecule has 0 spiro atoms. The number of halogens is 3. The van der Waals surface area contributed by atoms with Gasteiger partial charge in [0.25, 0.3) is 0 Å². The highest BCUT2D eigenvalue weighted by Crippen LogP contribution is 2.25. The first-order valence-corrected chi connectivity index (χ1v) is 6.27. The third kappa shape index (κ3) is 4.01. The van der Waals surface area contributed by atoms with Crippen molar-refractivity contribution in [2.24, 2.45) is 5.73 Å². The van der Waals surface area contributed by atoms with E-state index in [0.717, 1.165) is 0 Å². The molecule has 0 radical (unpaired) electrons. The molecule has 0 bridgehead atoms. The van der Waals surface area contributed by atoms with E-state index < -0.39 is 18.4 Å². The van der Waals surface area contributed by atoms with Crippen LogP contribution in [0.5, 0.6) is 5.75 Å². The molecule has 1 atom stereocenters. The summed E-state index contributed by atoms with van der Waals surface area (Å²) in [5, 5.41) is 8.78. The third-order valence-electron chi connectivity index (χ3n) is 2.90. The molecule has 5 nitrogen and oxygen atoms in total. The first kappa shape index (κ1) is 15.9. The average Bonchev–Trinajstić information content (AvgIpc) is 2.86. The molecule has 1 heterocycles. The van der Waals surface area contributed by atoms with E-state index in [2.05, 4.69) is 4.74 Å². The Hall–Kier alpha value is -2.48. The van der Waals surface area contributed by atoms with Crippen molar-refractivity contribution >= 4 is 5.97 Å². The molecule has 0 aliphatic heterocycles. The van der Waals surface area contributed by atoms with Crippen molar-refractivity contribution in [3.8, 4) is 11.4 Å². The lowest BCUT2D eigenvalue weighted by Crippen LogP contribution is -2.18. The number of ether oxygens (including phenoxy) is 1. The van der Waals surface area contributed by atoms with Gasteiger partial charge in [0.15, 0.2) is 0 Å². The second-order valence-corrected chi connectivity index (χ2v) is 4.55. The van der Waals surface area contributed by atoms with Crippen LogP contribution in [0.1, 0.15) is 18.2 Å². The number of carbonyl (C=O) groups is 1. The topological polar surface area (TPSA) is 77.5 Å². The zero-order valence-corrected chi connectivity index (χ0v) is 11.2. The van der Waals surface area contributed by atoms with Gasteiger partial charge in [-0.2, -0.15) is 0 Å². The quantitative estimate of drug-likeness (QED) is 0.889. The Kier molecular flexibility index (Phi) is 4.41. The summed E-state index contributed by atoms with van der Waals surface area (Å²) in [5.74, 6) is -1.37. The minimum absolute atomic E-state index is 0.251. The van der Waals surface area contributed by atoms with Gasteiger partial charge in [-0.3, -0.25) is 4.79 Å². The van der Waals surface area contributed by atoms with E-state index in [1.54, 1.807) is 22.9 Å². The molecule has 3 N–H and O–H groups in total. The number of aromatic nitrogens is 1. The van der Waals surface area contributed by atoms with E-state index in [9.17, 15) is 18.0 Å². The summed E-state index contributed by atoms with van der Waals surface area (Å²) >= 11 is 0. The van der Waals surface area contributed by atoms with Crippen LogP contribution in [-0.4, -0.2) is 22.0 Å². The number of hydrogen-bond acceptors (Lipinski definition) is 3. The number of benzene rings is 1. The van der Waals surface area contributed by atoms with E-state index >= 15 is 0 Å². The summed E-state index contributed by atoms with van der Waals surface area (Å²) in [6.45, 7) is 0. The number of rotatable bonds is 5. The highest BCUT2D eigenvalue weighted by Gasteiger charge is 2.31. The van der Waals surface area contributed by atoms with Crippen LogP contribution in [0.2, 0.25) is 0 Å². The molecule has 2 rings (SSSR count). The summed E-state index contributed by atoms with van der Waals surface area (Å²) in [6, 6.07) is 7.82. The molecule has 22 heavy (non-hydrogen) atoms. The van der Waals surface area contributed by atoms with Crippen molar-refractivity contribution in [1.29, 1.82) is 0 Å². The summed E-state index contributed by atoms with van der Waals surface area (Å²) in [6.07, 6.45) is -3.35. The lowest BCUT2D eigenvalue weighted by atomic mass is 10.1. The Bertz CT molecular complexity index is 650. The Balaban J connectivity index is 2.22. The van der Waals surface area contributed by atoms with Crippen molar-refractivity contribution in [1.82, 2.24) is 4.57 Å². The summed E-state index contributed by atoms with van der Waals surface area (Å²) in [4.78, 5) is 10.7. The predicted molar refractivity (Wildman–Crippen MR) is 71.6 cm³/mol. The molecule has 1 unspecified atom stereocenters. The van der Waals surface area contributed by atoms with Gasteiger partial charge in [-0.1, -0.05) is 0 Å². The summed E-state index contributed by atoms with van der Waals surface area (Å²) in [5.41, 5.74) is 6.92.